The third-order valence-electron chi connectivity index (χ3n) is 6.94. The maximum atomic E-state index is 13.1. The molecule has 0 atom stereocenters. The van der Waals surface area contributed by atoms with E-state index in [1.54, 1.807) is 6.92 Å². The maximum absolute atomic E-state index is 13.1. The largest absolute Gasteiger partial charge is 0.347 e. The number of benzene rings is 1. The summed E-state index contributed by atoms with van der Waals surface area (Å²) in [4.78, 5) is 18.2. The zero-order valence-corrected chi connectivity index (χ0v) is 23.8. The number of rotatable bonds is 6. The van der Waals surface area contributed by atoms with Gasteiger partial charge in [-0.15, -0.1) is 11.3 Å². The number of amides is 1. The standard InChI is InChI=1S/C23H29Cl2N3O5S3/c1-13-16(12-17(24)21(19(13)25)36(26,32)33)20-18(11-14-5-3-2-4-6-14)28-23(34-20)22(29)27-15-7-9-35(30,31)10-8-15/h12,14-15H,2-11H2,1H3,(H,27,29)(H2,26,32,33). The maximum Gasteiger partial charge on any atom is 0.280 e. The normalized spacial score (nSPS) is 19.3. The molecule has 0 bridgehead atoms. The molecule has 4 rings (SSSR count). The van der Waals surface area contributed by atoms with Gasteiger partial charge in [-0.3, -0.25) is 4.79 Å². The summed E-state index contributed by atoms with van der Waals surface area (Å²) in [5.74, 6) is 0.201. The van der Waals surface area contributed by atoms with Crippen molar-refractivity contribution in [2.75, 3.05) is 11.5 Å². The third kappa shape index (κ3) is 6.24. The number of hydrogen-bond donors (Lipinski definition) is 2. The summed E-state index contributed by atoms with van der Waals surface area (Å²) in [6.07, 6.45) is 7.13. The van der Waals surface area contributed by atoms with Gasteiger partial charge < -0.3 is 5.32 Å². The van der Waals surface area contributed by atoms with Crippen molar-refractivity contribution in [3.05, 3.63) is 32.4 Å². The van der Waals surface area contributed by atoms with Crippen molar-refractivity contribution < 1.29 is 21.6 Å². The summed E-state index contributed by atoms with van der Waals surface area (Å²) < 4.78 is 47.5. The van der Waals surface area contributed by atoms with E-state index in [1.807, 2.05) is 0 Å². The number of nitrogens with zero attached hydrogens (tertiary/aromatic N) is 1. The molecule has 198 valence electrons. The van der Waals surface area contributed by atoms with Crippen molar-refractivity contribution >= 4 is 60.3 Å². The van der Waals surface area contributed by atoms with Gasteiger partial charge in [-0.2, -0.15) is 0 Å². The van der Waals surface area contributed by atoms with Crippen LogP contribution in [0.3, 0.4) is 0 Å². The number of halogens is 2. The molecule has 2 fully saturated rings. The fraction of sp³-hybridized carbons (Fsp3) is 0.565. The molecule has 1 saturated heterocycles. The van der Waals surface area contributed by atoms with Crippen LogP contribution in [0.15, 0.2) is 11.0 Å². The molecule has 0 spiro atoms. The van der Waals surface area contributed by atoms with E-state index in [9.17, 15) is 21.6 Å². The molecule has 1 aliphatic heterocycles. The van der Waals surface area contributed by atoms with Crippen LogP contribution in [0.5, 0.6) is 0 Å². The predicted molar refractivity (Wildman–Crippen MR) is 143 cm³/mol. The number of nitrogens with one attached hydrogen (secondary N) is 1. The highest BCUT2D eigenvalue weighted by atomic mass is 35.5. The highest BCUT2D eigenvalue weighted by Gasteiger charge is 2.29. The van der Waals surface area contributed by atoms with Gasteiger partial charge in [0.2, 0.25) is 10.0 Å². The van der Waals surface area contributed by atoms with Crippen LogP contribution in [0, 0.1) is 12.8 Å². The van der Waals surface area contributed by atoms with Gasteiger partial charge in [0.05, 0.1) is 32.1 Å². The average molecular weight is 595 g/mol. The summed E-state index contributed by atoms with van der Waals surface area (Å²) in [7, 11) is -7.17. The van der Waals surface area contributed by atoms with Crippen molar-refractivity contribution in [3.63, 3.8) is 0 Å². The topological polar surface area (TPSA) is 136 Å². The SMILES string of the molecule is Cc1c(-c2sc(C(=O)NC3CCS(=O)(=O)CC3)nc2CC2CCCCC2)cc(Cl)c(S(N)(=O)=O)c1Cl. The summed E-state index contributed by atoms with van der Waals surface area (Å²) in [5.41, 5.74) is 1.86. The molecule has 1 saturated carbocycles. The minimum absolute atomic E-state index is 0.0496. The van der Waals surface area contributed by atoms with Gasteiger partial charge in [0.15, 0.2) is 5.01 Å². The highest BCUT2D eigenvalue weighted by Crippen LogP contribution is 2.42. The monoisotopic (exact) mass is 593 g/mol. The first-order valence-electron chi connectivity index (χ1n) is 11.9. The summed E-state index contributed by atoms with van der Waals surface area (Å²) in [6, 6.07) is 1.29. The number of primary sulfonamides is 1. The lowest BCUT2D eigenvalue weighted by Gasteiger charge is -2.22. The smallest absolute Gasteiger partial charge is 0.280 e. The predicted octanol–water partition coefficient (Wildman–Crippen LogP) is 4.50. The summed E-state index contributed by atoms with van der Waals surface area (Å²) in [6.45, 7) is 1.69. The minimum atomic E-state index is -4.13. The van der Waals surface area contributed by atoms with Crippen LogP contribution in [0.2, 0.25) is 10.0 Å². The molecule has 0 unspecified atom stereocenters. The number of thiazole rings is 1. The number of carbonyl (C=O) groups is 1. The van der Waals surface area contributed by atoms with E-state index in [-0.39, 0.29) is 43.4 Å². The van der Waals surface area contributed by atoms with Gasteiger partial charge in [0, 0.05) is 6.04 Å². The Bertz CT molecular complexity index is 1370. The first-order chi connectivity index (χ1) is 16.9. The average Bonchev–Trinajstić information content (AvgIpc) is 3.21. The van der Waals surface area contributed by atoms with E-state index in [1.165, 1.54) is 23.8 Å². The van der Waals surface area contributed by atoms with Crippen molar-refractivity contribution in [3.8, 4) is 10.4 Å². The van der Waals surface area contributed by atoms with Crippen LogP contribution >= 0.6 is 34.5 Å². The fourth-order valence-electron chi connectivity index (χ4n) is 4.93. The van der Waals surface area contributed by atoms with Crippen molar-refractivity contribution in [1.29, 1.82) is 0 Å². The number of nitrogens with two attached hydrogens (primary N) is 1. The van der Waals surface area contributed by atoms with Crippen molar-refractivity contribution in [1.82, 2.24) is 10.3 Å². The highest BCUT2D eigenvalue weighted by molar-refractivity contribution is 7.91. The van der Waals surface area contributed by atoms with Gasteiger partial charge in [-0.05, 0) is 49.3 Å². The van der Waals surface area contributed by atoms with Crippen LogP contribution < -0.4 is 10.5 Å². The summed E-state index contributed by atoms with van der Waals surface area (Å²) >= 11 is 13.9. The Balaban J connectivity index is 1.70. The van der Waals surface area contributed by atoms with E-state index in [4.69, 9.17) is 33.3 Å². The minimum Gasteiger partial charge on any atom is -0.347 e. The number of carbonyl (C=O) groups excluding carboxylic acids is 1. The lowest BCUT2D eigenvalue weighted by molar-refractivity contribution is 0.0933. The Kier molecular flexibility index (Phi) is 8.38. The molecule has 2 heterocycles. The molecule has 13 heteroatoms. The second-order valence-corrected chi connectivity index (χ2v) is 15.2. The first-order valence-corrected chi connectivity index (χ1v) is 16.8. The van der Waals surface area contributed by atoms with Crippen LogP contribution in [0.1, 0.15) is 66.0 Å². The summed E-state index contributed by atoms with van der Waals surface area (Å²) in [5, 5.41) is 8.39. The van der Waals surface area contributed by atoms with Gasteiger partial charge in [0.1, 0.15) is 14.7 Å². The van der Waals surface area contributed by atoms with Crippen LogP contribution in [-0.2, 0) is 26.3 Å². The van der Waals surface area contributed by atoms with E-state index >= 15 is 0 Å². The van der Waals surface area contributed by atoms with Crippen molar-refractivity contribution in [2.24, 2.45) is 11.1 Å². The Morgan fingerprint density at radius 2 is 1.81 bits per heavy atom. The lowest BCUT2D eigenvalue weighted by atomic mass is 9.85. The van der Waals surface area contributed by atoms with E-state index in [2.05, 4.69) is 5.32 Å². The molecule has 3 N–H and O–H groups in total. The molecule has 1 aromatic carbocycles. The fourth-order valence-corrected chi connectivity index (χ4v) is 9.33. The van der Waals surface area contributed by atoms with E-state index in [0.717, 1.165) is 36.3 Å². The van der Waals surface area contributed by atoms with Gasteiger partial charge in [-0.25, -0.2) is 27.0 Å². The zero-order chi connectivity index (χ0) is 26.3. The van der Waals surface area contributed by atoms with E-state index < -0.39 is 19.9 Å². The third-order valence-corrected chi connectivity index (χ3v) is 11.8. The molecule has 36 heavy (non-hydrogen) atoms. The Morgan fingerprint density at radius 1 is 1.17 bits per heavy atom. The Hall–Kier alpha value is -1.24. The Morgan fingerprint density at radius 3 is 2.42 bits per heavy atom. The number of aromatic nitrogens is 1. The molecule has 2 aliphatic rings. The molecular weight excluding hydrogens is 565 g/mol. The molecule has 2 aromatic rings. The van der Waals surface area contributed by atoms with Crippen LogP contribution in [0.4, 0.5) is 0 Å². The number of hydrogen-bond acceptors (Lipinski definition) is 7. The van der Waals surface area contributed by atoms with E-state index in [0.29, 0.717) is 36.3 Å². The molecular formula is C23H29Cl2N3O5S3. The Labute approximate surface area is 225 Å². The first kappa shape index (κ1) is 27.8. The molecule has 0 radical (unpaired) electrons. The molecule has 8 nitrogen and oxygen atoms in total. The van der Waals surface area contributed by atoms with Crippen LogP contribution in [0.25, 0.3) is 10.4 Å². The van der Waals surface area contributed by atoms with Crippen LogP contribution in [-0.4, -0.2) is 45.3 Å². The quantitative estimate of drug-likeness (QED) is 0.506. The number of sulfonamides is 1. The zero-order valence-electron chi connectivity index (χ0n) is 19.8. The van der Waals surface area contributed by atoms with Crippen molar-refractivity contribution in [2.45, 2.75) is 69.2 Å². The van der Waals surface area contributed by atoms with Gasteiger partial charge in [-0.1, -0.05) is 55.3 Å². The molecule has 1 aliphatic carbocycles. The second-order valence-electron chi connectivity index (χ2n) is 9.62. The van der Waals surface area contributed by atoms with Gasteiger partial charge in [0.25, 0.3) is 5.91 Å². The second kappa shape index (κ2) is 10.9. The lowest BCUT2D eigenvalue weighted by Crippen LogP contribution is -2.40. The van der Waals surface area contributed by atoms with Gasteiger partial charge >= 0.3 is 0 Å². The molecule has 1 amide bonds. The molecule has 1 aromatic heterocycles. The number of sulfone groups is 1.